The molecule has 4 nitrogen and oxygen atoms in total. The number of hydrogen-bond acceptors (Lipinski definition) is 5. The molecule has 5 fully saturated rings. The third-order valence-corrected chi connectivity index (χ3v) is 11.4. The van der Waals surface area contributed by atoms with E-state index in [2.05, 4.69) is 30.8 Å². The lowest BCUT2D eigenvalue weighted by molar-refractivity contribution is -0.157. The van der Waals surface area contributed by atoms with E-state index in [1.807, 2.05) is 0 Å². The topological polar surface area (TPSA) is 36.9 Å². The van der Waals surface area contributed by atoms with Gasteiger partial charge in [-0.2, -0.15) is 11.8 Å². The fourth-order valence-electron chi connectivity index (χ4n) is 8.33. The first kappa shape index (κ1) is 21.0. The molecule has 0 aromatic rings. The van der Waals surface area contributed by atoms with Gasteiger partial charge in [0.15, 0.2) is 0 Å². The van der Waals surface area contributed by atoms with Gasteiger partial charge in [0, 0.05) is 16.1 Å². The molecule has 0 amide bonds. The van der Waals surface area contributed by atoms with Gasteiger partial charge < -0.3 is 18.9 Å². The number of hydrogen-bond donors (Lipinski definition) is 0. The van der Waals surface area contributed by atoms with Crippen molar-refractivity contribution in [1.29, 1.82) is 0 Å². The lowest BCUT2D eigenvalue weighted by atomic mass is 9.50. The molecule has 5 aliphatic carbocycles. The average Bonchev–Trinajstić information content (AvgIpc) is 3.58. The van der Waals surface area contributed by atoms with Crippen molar-refractivity contribution >= 4 is 11.8 Å². The summed E-state index contributed by atoms with van der Waals surface area (Å²) in [6, 6.07) is 0. The summed E-state index contributed by atoms with van der Waals surface area (Å²) in [6.07, 6.45) is 16.3. The molecular formula is C27H38O4S. The molecule has 0 aromatic heterocycles. The lowest BCUT2D eigenvalue weighted by Gasteiger charge is -2.56. The van der Waals surface area contributed by atoms with Gasteiger partial charge in [0.25, 0.3) is 0 Å². The van der Waals surface area contributed by atoms with Crippen LogP contribution in [0.4, 0.5) is 0 Å². The van der Waals surface area contributed by atoms with Crippen molar-refractivity contribution < 1.29 is 18.9 Å². The molecule has 2 aliphatic heterocycles. The molecule has 0 spiro atoms. The summed E-state index contributed by atoms with van der Waals surface area (Å²) in [7, 11) is 0. The first-order valence-electron chi connectivity index (χ1n) is 13.2. The van der Waals surface area contributed by atoms with Gasteiger partial charge in [-0.05, 0) is 69.0 Å². The van der Waals surface area contributed by atoms with E-state index in [4.69, 9.17) is 18.9 Å². The largest absolute Gasteiger partial charge is 0.373 e. The van der Waals surface area contributed by atoms with Crippen LogP contribution in [0.25, 0.3) is 0 Å². The zero-order chi connectivity index (χ0) is 21.3. The highest BCUT2D eigenvalue weighted by Crippen LogP contribution is 2.65. The molecule has 5 heteroatoms. The first-order valence-corrected chi connectivity index (χ1v) is 14.2. The third-order valence-electron chi connectivity index (χ3n) is 9.99. The maximum Gasteiger partial charge on any atom is 0.102 e. The molecule has 176 valence electrons. The Balaban J connectivity index is 1.25. The molecule has 7 rings (SSSR count). The Morgan fingerprint density at radius 3 is 2.69 bits per heavy atom. The van der Waals surface area contributed by atoms with Gasteiger partial charge in [-0.25, -0.2) is 0 Å². The van der Waals surface area contributed by atoms with Crippen LogP contribution >= 0.6 is 11.8 Å². The van der Waals surface area contributed by atoms with Crippen molar-refractivity contribution in [2.75, 3.05) is 32.2 Å². The second-order valence-electron chi connectivity index (χ2n) is 11.6. The summed E-state index contributed by atoms with van der Waals surface area (Å²) in [6.45, 7) is 5.52. The Morgan fingerprint density at radius 1 is 1.00 bits per heavy atom. The summed E-state index contributed by atoms with van der Waals surface area (Å²) in [5.74, 6) is 2.64. The summed E-state index contributed by atoms with van der Waals surface area (Å²) >= 11 is 2.22. The van der Waals surface area contributed by atoms with Gasteiger partial charge in [-0.15, -0.1) is 0 Å². The van der Waals surface area contributed by atoms with E-state index >= 15 is 0 Å². The van der Waals surface area contributed by atoms with Crippen molar-refractivity contribution in [2.24, 2.45) is 22.7 Å². The molecule has 0 N–H and O–H groups in total. The Hall–Kier alpha value is -0.330. The van der Waals surface area contributed by atoms with Gasteiger partial charge in [-0.1, -0.05) is 30.2 Å². The second-order valence-corrected chi connectivity index (χ2v) is 13.0. The highest BCUT2D eigenvalue weighted by atomic mass is 32.2. The van der Waals surface area contributed by atoms with Crippen molar-refractivity contribution in [3.05, 3.63) is 23.3 Å². The van der Waals surface area contributed by atoms with Crippen molar-refractivity contribution in [1.82, 2.24) is 0 Å². The summed E-state index contributed by atoms with van der Waals surface area (Å²) in [5.41, 5.74) is 3.87. The molecule has 2 heterocycles. The number of fused-ring (bicyclic) bond motifs is 8. The minimum atomic E-state index is 0.171. The Bertz CT molecular complexity index is 820. The van der Waals surface area contributed by atoms with Crippen LogP contribution in [0, 0.1) is 22.7 Å². The smallest absolute Gasteiger partial charge is 0.102 e. The predicted octanol–water partition coefficient (Wildman–Crippen LogP) is 4.92. The number of allylic oxidation sites excluding steroid dienone is 3. The molecule has 4 unspecified atom stereocenters. The maximum absolute atomic E-state index is 6.35. The van der Waals surface area contributed by atoms with Crippen LogP contribution in [0.5, 0.6) is 0 Å². The second kappa shape index (κ2) is 7.84. The predicted molar refractivity (Wildman–Crippen MR) is 126 cm³/mol. The van der Waals surface area contributed by atoms with Crippen LogP contribution in [-0.2, 0) is 18.9 Å². The van der Waals surface area contributed by atoms with Crippen molar-refractivity contribution in [3.8, 4) is 0 Å². The van der Waals surface area contributed by atoms with E-state index in [-0.39, 0.29) is 29.1 Å². The van der Waals surface area contributed by atoms with Crippen molar-refractivity contribution in [2.45, 2.75) is 88.0 Å². The zero-order valence-electron chi connectivity index (χ0n) is 19.4. The van der Waals surface area contributed by atoms with E-state index < -0.39 is 0 Å². The van der Waals surface area contributed by atoms with E-state index in [0.717, 1.165) is 44.5 Å². The zero-order valence-corrected chi connectivity index (χ0v) is 20.2. The van der Waals surface area contributed by atoms with Gasteiger partial charge in [-0.3, -0.25) is 0 Å². The highest BCUT2D eigenvalue weighted by Gasteiger charge is 2.61. The molecule has 8 atom stereocenters. The van der Waals surface area contributed by atoms with E-state index in [1.165, 1.54) is 44.3 Å². The minimum Gasteiger partial charge on any atom is -0.373 e. The summed E-state index contributed by atoms with van der Waals surface area (Å²) in [4.78, 5) is 0. The fourth-order valence-corrected chi connectivity index (χ4v) is 9.60. The maximum atomic E-state index is 6.35. The SMILES string of the molecule is C[C@]12CC=C3[C@@H](CCC4=CC5OCCOC5C[C@@]43CCSC3CC3)[C@@H]1CC1OCCOC12. The number of thioether (sulfide) groups is 1. The van der Waals surface area contributed by atoms with Gasteiger partial charge in [0.05, 0.1) is 44.7 Å². The minimum absolute atomic E-state index is 0.171. The first-order chi connectivity index (χ1) is 15.7. The van der Waals surface area contributed by atoms with Gasteiger partial charge in [0.2, 0.25) is 0 Å². The highest BCUT2D eigenvalue weighted by molar-refractivity contribution is 8.00. The van der Waals surface area contributed by atoms with E-state index in [1.54, 1.807) is 11.1 Å². The molecule has 0 bridgehead atoms. The van der Waals surface area contributed by atoms with Gasteiger partial charge >= 0.3 is 0 Å². The Labute approximate surface area is 196 Å². The molecule has 0 aromatic carbocycles. The molecule has 0 radical (unpaired) electrons. The van der Waals surface area contributed by atoms with E-state index in [9.17, 15) is 0 Å². The fraction of sp³-hybridized carbons (Fsp3) is 0.852. The lowest BCUT2D eigenvalue weighted by Crippen LogP contribution is -2.52. The molecule has 32 heavy (non-hydrogen) atoms. The molecule has 7 aliphatic rings. The molecular weight excluding hydrogens is 420 g/mol. The molecule has 3 saturated carbocycles. The summed E-state index contributed by atoms with van der Waals surface area (Å²) in [5, 5.41) is 0.930. The van der Waals surface area contributed by atoms with Crippen LogP contribution in [0.3, 0.4) is 0 Å². The quantitative estimate of drug-likeness (QED) is 0.559. The van der Waals surface area contributed by atoms with Crippen molar-refractivity contribution in [3.63, 3.8) is 0 Å². The van der Waals surface area contributed by atoms with Gasteiger partial charge in [0.1, 0.15) is 6.10 Å². The number of rotatable bonds is 4. The van der Waals surface area contributed by atoms with E-state index in [0.29, 0.717) is 17.9 Å². The number of ether oxygens (including phenoxy) is 4. The van der Waals surface area contributed by atoms with Crippen LogP contribution in [-0.4, -0.2) is 61.8 Å². The summed E-state index contributed by atoms with van der Waals surface area (Å²) < 4.78 is 25.1. The average molecular weight is 459 g/mol. The standard InChI is InChI=1S/C27H38O4S/c1-26-7-6-20-19(21(26)15-23-25(26)31-12-11-29-23)5-2-17-14-22-24(30-10-9-28-22)16-27(17,20)8-13-32-18-3-4-18/h6,14,18-19,21-25H,2-5,7-13,15-16H2,1H3/t19-,21+,22?,23?,24?,25?,26+,27+/m1/s1. The monoisotopic (exact) mass is 458 g/mol. The molecule has 2 saturated heterocycles. The third kappa shape index (κ3) is 3.17. The Kier molecular flexibility index (Phi) is 5.15. The van der Waals surface area contributed by atoms with Crippen LogP contribution in [0.2, 0.25) is 0 Å². The Morgan fingerprint density at radius 2 is 1.81 bits per heavy atom. The normalized spacial score (nSPS) is 49.7. The van der Waals surface area contributed by atoms with Crippen LogP contribution < -0.4 is 0 Å². The van der Waals surface area contributed by atoms with Crippen LogP contribution in [0.1, 0.15) is 58.3 Å². The van der Waals surface area contributed by atoms with Crippen LogP contribution in [0.15, 0.2) is 23.3 Å².